The van der Waals surface area contributed by atoms with Crippen molar-refractivity contribution >= 4 is 22.6 Å². The third kappa shape index (κ3) is 2.25. The van der Waals surface area contributed by atoms with Gasteiger partial charge in [-0.2, -0.15) is 4.98 Å². The van der Waals surface area contributed by atoms with Crippen LogP contribution in [0.15, 0.2) is 47.3 Å². The first-order valence-corrected chi connectivity index (χ1v) is 7.75. The summed E-state index contributed by atoms with van der Waals surface area (Å²) in [6.45, 7) is 0.796. The molecule has 4 rings (SSSR count). The van der Waals surface area contributed by atoms with E-state index < -0.39 is 0 Å². The molecule has 0 radical (unpaired) electrons. The quantitative estimate of drug-likeness (QED) is 0.788. The predicted molar refractivity (Wildman–Crippen MR) is 93.1 cm³/mol. The number of methoxy groups -OCH3 is 1. The van der Waals surface area contributed by atoms with Crippen LogP contribution < -0.4 is 10.3 Å². The van der Waals surface area contributed by atoms with Gasteiger partial charge in [-0.1, -0.05) is 18.2 Å². The summed E-state index contributed by atoms with van der Waals surface area (Å²) in [5.74, 6) is 1.24. The molecule has 0 spiro atoms. The Balaban J connectivity index is 1.86. The molecule has 1 aliphatic heterocycles. The van der Waals surface area contributed by atoms with E-state index >= 15 is 0 Å². The number of hydrogen-bond acceptors (Lipinski definition) is 4. The van der Waals surface area contributed by atoms with Crippen LogP contribution >= 0.6 is 0 Å². The fraction of sp³-hybridized carbons (Fsp3) is 0.158. The number of hydrogen-bond donors (Lipinski definition) is 1. The first-order valence-electron chi connectivity index (χ1n) is 7.75. The summed E-state index contributed by atoms with van der Waals surface area (Å²) in [6.07, 6.45) is 2.80. The second-order valence-corrected chi connectivity index (χ2v) is 5.76. The van der Waals surface area contributed by atoms with E-state index in [1.165, 1.54) is 7.11 Å². The minimum absolute atomic E-state index is 0.104. The minimum atomic E-state index is -0.201. The maximum absolute atomic E-state index is 12.3. The van der Waals surface area contributed by atoms with Gasteiger partial charge in [-0.3, -0.25) is 4.79 Å². The highest BCUT2D eigenvalue weighted by Gasteiger charge is 2.20. The Morgan fingerprint density at radius 1 is 1.25 bits per heavy atom. The van der Waals surface area contributed by atoms with Gasteiger partial charge in [-0.05, 0) is 47.9 Å². The molecule has 1 N–H and O–H groups in total. The first-order chi connectivity index (χ1) is 11.7. The van der Waals surface area contributed by atoms with Gasteiger partial charge >= 0.3 is 0 Å². The van der Waals surface area contributed by atoms with Gasteiger partial charge in [-0.15, -0.1) is 0 Å². The molecule has 5 heteroatoms. The Kier molecular flexibility index (Phi) is 3.34. The van der Waals surface area contributed by atoms with Crippen LogP contribution in [0.3, 0.4) is 0 Å². The van der Waals surface area contributed by atoms with Crippen molar-refractivity contribution in [3.8, 4) is 11.5 Å². The Labute approximate surface area is 138 Å². The molecule has 2 heterocycles. The lowest BCUT2D eigenvalue weighted by atomic mass is 10.1. The maximum atomic E-state index is 12.3. The van der Waals surface area contributed by atoms with Gasteiger partial charge in [-0.25, -0.2) is 0 Å². The van der Waals surface area contributed by atoms with E-state index in [2.05, 4.69) is 9.55 Å². The molecular formula is C19H16N2O3. The largest absolute Gasteiger partial charge is 0.504 e. The van der Waals surface area contributed by atoms with Crippen molar-refractivity contribution < 1.29 is 9.84 Å². The van der Waals surface area contributed by atoms with Gasteiger partial charge in [0.1, 0.15) is 5.82 Å². The van der Waals surface area contributed by atoms with Crippen molar-refractivity contribution in [3.63, 3.8) is 0 Å². The summed E-state index contributed by atoms with van der Waals surface area (Å²) in [7, 11) is 1.52. The lowest BCUT2D eigenvalue weighted by Gasteiger charge is -2.08. The number of phenols is 1. The number of rotatable bonds is 2. The standard InChI is InChI=1S/C19H16N2O3/c1-24-17-11-12(6-7-16(17)22)10-13-8-9-21-15-5-3-2-4-14(15)19(23)20-18(13)21/h2-7,10-11,22H,8-9H2,1H3. The first kappa shape index (κ1) is 14.5. The normalized spacial score (nSPS) is 15.0. The zero-order valence-corrected chi connectivity index (χ0v) is 13.2. The number of aromatic nitrogens is 2. The number of para-hydroxylation sites is 1. The van der Waals surface area contributed by atoms with Crippen molar-refractivity contribution in [2.24, 2.45) is 0 Å². The number of ether oxygens (including phenoxy) is 1. The van der Waals surface area contributed by atoms with Crippen molar-refractivity contribution in [1.29, 1.82) is 0 Å². The average Bonchev–Trinajstić information content (AvgIpc) is 3.00. The van der Waals surface area contributed by atoms with Crippen LogP contribution in [0.4, 0.5) is 0 Å². The molecule has 0 fully saturated rings. The average molecular weight is 320 g/mol. The topological polar surface area (TPSA) is 64.4 Å². The van der Waals surface area contributed by atoms with E-state index in [9.17, 15) is 9.90 Å². The summed E-state index contributed by atoms with van der Waals surface area (Å²) >= 11 is 0. The molecule has 0 bridgehead atoms. The summed E-state index contributed by atoms with van der Waals surface area (Å²) in [5.41, 5.74) is 2.62. The molecular weight excluding hydrogens is 304 g/mol. The van der Waals surface area contributed by atoms with Crippen LogP contribution in [-0.2, 0) is 6.54 Å². The number of fused-ring (bicyclic) bond motifs is 3. The van der Waals surface area contributed by atoms with E-state index in [4.69, 9.17) is 4.74 Å². The van der Waals surface area contributed by atoms with Gasteiger partial charge in [0.05, 0.1) is 18.0 Å². The Bertz CT molecular complexity index is 1030. The van der Waals surface area contributed by atoms with Crippen LogP contribution in [0.1, 0.15) is 17.8 Å². The van der Waals surface area contributed by atoms with Crippen molar-refractivity contribution in [2.75, 3.05) is 7.11 Å². The summed E-state index contributed by atoms with van der Waals surface area (Å²) < 4.78 is 7.23. The van der Waals surface area contributed by atoms with Crippen LogP contribution in [0.2, 0.25) is 0 Å². The molecule has 0 amide bonds. The lowest BCUT2D eigenvalue weighted by Crippen LogP contribution is -2.14. The molecule has 0 unspecified atom stereocenters. The van der Waals surface area contributed by atoms with E-state index in [0.29, 0.717) is 17.0 Å². The molecule has 0 saturated carbocycles. The zero-order chi connectivity index (χ0) is 16.7. The van der Waals surface area contributed by atoms with Crippen molar-refractivity contribution in [1.82, 2.24) is 9.55 Å². The third-order valence-corrected chi connectivity index (χ3v) is 4.33. The minimum Gasteiger partial charge on any atom is -0.504 e. The smallest absolute Gasteiger partial charge is 0.281 e. The zero-order valence-electron chi connectivity index (χ0n) is 13.2. The third-order valence-electron chi connectivity index (χ3n) is 4.33. The molecule has 1 aromatic heterocycles. The highest BCUT2D eigenvalue weighted by molar-refractivity contribution is 5.85. The monoisotopic (exact) mass is 320 g/mol. The van der Waals surface area contributed by atoms with E-state index in [0.717, 1.165) is 29.6 Å². The van der Waals surface area contributed by atoms with Gasteiger partial charge < -0.3 is 14.4 Å². The SMILES string of the molecule is COc1cc(C=C2CCn3c2nc(=O)c2ccccc23)ccc1O. The Morgan fingerprint density at radius 3 is 2.92 bits per heavy atom. The molecule has 2 aromatic carbocycles. The van der Waals surface area contributed by atoms with Gasteiger partial charge in [0.25, 0.3) is 5.56 Å². The molecule has 0 saturated heterocycles. The van der Waals surface area contributed by atoms with Gasteiger partial charge in [0.15, 0.2) is 11.5 Å². The molecule has 120 valence electrons. The summed E-state index contributed by atoms with van der Waals surface area (Å²) in [4.78, 5) is 16.6. The molecule has 5 nitrogen and oxygen atoms in total. The number of nitrogens with zero attached hydrogens (tertiary/aromatic N) is 2. The highest BCUT2D eigenvalue weighted by atomic mass is 16.5. The van der Waals surface area contributed by atoms with Crippen LogP contribution in [0, 0.1) is 0 Å². The lowest BCUT2D eigenvalue weighted by molar-refractivity contribution is 0.373. The van der Waals surface area contributed by atoms with Crippen LogP contribution in [0.5, 0.6) is 11.5 Å². The molecule has 0 atom stereocenters. The number of phenolic OH excluding ortho intramolecular Hbond substituents is 1. The van der Waals surface area contributed by atoms with Crippen molar-refractivity contribution in [2.45, 2.75) is 13.0 Å². The Hall–Kier alpha value is -3.08. The molecule has 1 aliphatic rings. The Morgan fingerprint density at radius 2 is 2.08 bits per heavy atom. The predicted octanol–water partition coefficient (Wildman–Crippen LogP) is 3.06. The number of aryl methyl sites for hydroxylation is 1. The van der Waals surface area contributed by atoms with Crippen LogP contribution in [-0.4, -0.2) is 21.8 Å². The number of allylic oxidation sites excluding steroid dienone is 1. The summed E-state index contributed by atoms with van der Waals surface area (Å²) in [5, 5.41) is 10.4. The molecule has 24 heavy (non-hydrogen) atoms. The second-order valence-electron chi connectivity index (χ2n) is 5.76. The van der Waals surface area contributed by atoms with E-state index in [1.807, 2.05) is 36.4 Å². The van der Waals surface area contributed by atoms with E-state index in [1.54, 1.807) is 12.1 Å². The van der Waals surface area contributed by atoms with Crippen molar-refractivity contribution in [3.05, 3.63) is 64.2 Å². The maximum Gasteiger partial charge on any atom is 0.281 e. The van der Waals surface area contributed by atoms with Crippen LogP contribution in [0.25, 0.3) is 22.6 Å². The van der Waals surface area contributed by atoms with Gasteiger partial charge in [0, 0.05) is 6.54 Å². The fourth-order valence-electron chi connectivity index (χ4n) is 3.16. The second kappa shape index (κ2) is 5.53. The number of aromatic hydroxyl groups is 1. The van der Waals surface area contributed by atoms with Gasteiger partial charge in [0.2, 0.25) is 0 Å². The molecule has 3 aromatic rings. The molecule has 0 aliphatic carbocycles. The van der Waals surface area contributed by atoms with E-state index in [-0.39, 0.29) is 11.3 Å². The fourth-order valence-corrected chi connectivity index (χ4v) is 3.16. The number of benzene rings is 2. The summed E-state index contributed by atoms with van der Waals surface area (Å²) in [6, 6.07) is 12.7. The highest BCUT2D eigenvalue weighted by Crippen LogP contribution is 2.32.